The number of carbonyl (C=O) groups is 1. The monoisotopic (exact) mass is 387 g/mol. The van der Waals surface area contributed by atoms with Crippen LogP contribution in [0.5, 0.6) is 0 Å². The summed E-state index contributed by atoms with van der Waals surface area (Å²) in [5.41, 5.74) is 0.937. The minimum absolute atomic E-state index is 0.136. The Bertz CT molecular complexity index is 772. The molecule has 0 spiro atoms. The van der Waals surface area contributed by atoms with Crippen molar-refractivity contribution < 1.29 is 9.53 Å². The van der Waals surface area contributed by atoms with Crippen LogP contribution in [0.4, 0.5) is 0 Å². The Morgan fingerprint density at radius 2 is 2.00 bits per heavy atom. The van der Waals surface area contributed by atoms with Crippen molar-refractivity contribution in [1.29, 1.82) is 0 Å². The zero-order valence-electron chi connectivity index (χ0n) is 15.7. The van der Waals surface area contributed by atoms with Crippen LogP contribution in [-0.4, -0.2) is 62.1 Å². The molecule has 1 saturated heterocycles. The predicted molar refractivity (Wildman–Crippen MR) is 105 cm³/mol. The van der Waals surface area contributed by atoms with Crippen molar-refractivity contribution in [3.8, 4) is 11.4 Å². The number of allylic oxidation sites excluding steroid dienone is 1. The average molecular weight is 388 g/mol. The molecule has 144 valence electrons. The van der Waals surface area contributed by atoms with Crippen LogP contribution in [0.3, 0.4) is 0 Å². The molecule has 7 nitrogen and oxygen atoms in total. The van der Waals surface area contributed by atoms with Gasteiger partial charge in [-0.05, 0) is 18.1 Å². The molecule has 0 bridgehead atoms. The molecule has 3 heterocycles. The topological polar surface area (TPSA) is 73.1 Å². The molecule has 8 heteroatoms. The number of hydrogen-bond acceptors (Lipinski definition) is 6. The van der Waals surface area contributed by atoms with Crippen LogP contribution in [-0.2, 0) is 16.1 Å². The van der Waals surface area contributed by atoms with E-state index in [0.29, 0.717) is 32.8 Å². The van der Waals surface area contributed by atoms with Crippen molar-refractivity contribution in [2.45, 2.75) is 30.8 Å². The van der Waals surface area contributed by atoms with E-state index >= 15 is 0 Å². The van der Waals surface area contributed by atoms with Gasteiger partial charge in [-0.15, -0.1) is 16.8 Å². The average Bonchev–Trinajstić information content (AvgIpc) is 3.09. The van der Waals surface area contributed by atoms with Crippen LogP contribution in [0.2, 0.25) is 0 Å². The van der Waals surface area contributed by atoms with Crippen molar-refractivity contribution in [3.63, 3.8) is 0 Å². The standard InChI is InChI=1S/C19H25N5O2S/c1-4-9-24-17(15-5-7-20-8-6-15)21-22-19(24)27-16(14(2)3)18(25)23-10-12-26-13-11-23/h4-8,14,16H,1,9-13H2,2-3H3. The Kier molecular flexibility index (Phi) is 6.63. The van der Waals surface area contributed by atoms with E-state index in [2.05, 4.69) is 35.6 Å². The lowest BCUT2D eigenvalue weighted by atomic mass is 10.1. The number of pyridine rings is 1. The molecule has 1 unspecified atom stereocenters. The summed E-state index contributed by atoms with van der Waals surface area (Å²) in [5.74, 6) is 1.06. The zero-order valence-corrected chi connectivity index (χ0v) is 16.6. The molecule has 0 aliphatic carbocycles. The first-order valence-corrected chi connectivity index (χ1v) is 9.97. The van der Waals surface area contributed by atoms with E-state index in [1.54, 1.807) is 12.4 Å². The molecule has 2 aromatic rings. The van der Waals surface area contributed by atoms with Crippen LogP contribution in [0.15, 0.2) is 42.3 Å². The Balaban J connectivity index is 1.86. The molecule has 0 N–H and O–H groups in total. The Morgan fingerprint density at radius 1 is 1.30 bits per heavy atom. The summed E-state index contributed by atoms with van der Waals surface area (Å²) < 4.78 is 7.36. The molecule has 1 atom stereocenters. The lowest BCUT2D eigenvalue weighted by Crippen LogP contribution is -2.46. The molecular formula is C19H25N5O2S. The second-order valence-electron chi connectivity index (χ2n) is 6.66. The summed E-state index contributed by atoms with van der Waals surface area (Å²) >= 11 is 1.47. The smallest absolute Gasteiger partial charge is 0.236 e. The van der Waals surface area contributed by atoms with E-state index in [0.717, 1.165) is 16.5 Å². The van der Waals surface area contributed by atoms with Gasteiger partial charge in [0.15, 0.2) is 11.0 Å². The van der Waals surface area contributed by atoms with E-state index < -0.39 is 0 Å². The Hall–Kier alpha value is -2.19. The van der Waals surface area contributed by atoms with Crippen LogP contribution in [0, 0.1) is 5.92 Å². The van der Waals surface area contributed by atoms with Gasteiger partial charge in [-0.3, -0.25) is 14.3 Å². The quantitative estimate of drug-likeness (QED) is 0.537. The minimum Gasteiger partial charge on any atom is -0.378 e. The van der Waals surface area contributed by atoms with E-state index in [-0.39, 0.29) is 17.1 Å². The van der Waals surface area contributed by atoms with Gasteiger partial charge in [0, 0.05) is 37.6 Å². The third-order valence-corrected chi connectivity index (χ3v) is 5.88. The van der Waals surface area contributed by atoms with E-state index in [1.165, 1.54) is 11.8 Å². The highest BCUT2D eigenvalue weighted by molar-refractivity contribution is 8.00. The molecule has 2 aromatic heterocycles. The number of amides is 1. The fourth-order valence-electron chi connectivity index (χ4n) is 2.93. The molecule has 1 aliphatic rings. The maximum atomic E-state index is 13.1. The fourth-order valence-corrected chi connectivity index (χ4v) is 4.06. The van der Waals surface area contributed by atoms with Gasteiger partial charge in [0.05, 0.1) is 18.5 Å². The van der Waals surface area contributed by atoms with Gasteiger partial charge < -0.3 is 9.64 Å². The van der Waals surface area contributed by atoms with Gasteiger partial charge in [-0.25, -0.2) is 0 Å². The van der Waals surface area contributed by atoms with Crippen LogP contribution in [0.1, 0.15) is 13.8 Å². The lowest BCUT2D eigenvalue weighted by Gasteiger charge is -2.31. The van der Waals surface area contributed by atoms with E-state index in [9.17, 15) is 4.79 Å². The summed E-state index contributed by atoms with van der Waals surface area (Å²) in [6, 6.07) is 3.80. The van der Waals surface area contributed by atoms with Crippen LogP contribution < -0.4 is 0 Å². The summed E-state index contributed by atoms with van der Waals surface area (Å²) in [6.45, 7) is 11.0. The zero-order chi connectivity index (χ0) is 19.2. The van der Waals surface area contributed by atoms with Crippen molar-refractivity contribution in [1.82, 2.24) is 24.6 Å². The minimum atomic E-state index is -0.221. The molecule has 1 amide bonds. The largest absolute Gasteiger partial charge is 0.378 e. The third-order valence-electron chi connectivity index (χ3n) is 4.37. The first-order chi connectivity index (χ1) is 13.1. The molecule has 0 saturated carbocycles. The first kappa shape index (κ1) is 19.6. The first-order valence-electron chi connectivity index (χ1n) is 9.09. The molecule has 27 heavy (non-hydrogen) atoms. The SMILES string of the molecule is C=CCn1c(SC(C(=O)N2CCOCC2)C(C)C)nnc1-c1ccncc1. The van der Waals surface area contributed by atoms with Crippen LogP contribution >= 0.6 is 11.8 Å². The summed E-state index contributed by atoms with van der Waals surface area (Å²) in [7, 11) is 0. The predicted octanol–water partition coefficient (Wildman–Crippen LogP) is 2.50. The van der Waals surface area contributed by atoms with Gasteiger partial charge in [-0.1, -0.05) is 31.7 Å². The molecule has 1 aliphatic heterocycles. The third kappa shape index (κ3) is 4.56. The molecule has 0 aromatic carbocycles. The number of hydrogen-bond donors (Lipinski definition) is 0. The maximum absolute atomic E-state index is 13.1. The Labute approximate surface area is 163 Å². The number of nitrogens with zero attached hydrogens (tertiary/aromatic N) is 5. The van der Waals surface area contributed by atoms with Crippen molar-refractivity contribution in [2.24, 2.45) is 5.92 Å². The van der Waals surface area contributed by atoms with Gasteiger partial charge in [0.25, 0.3) is 0 Å². The number of aromatic nitrogens is 4. The number of rotatable bonds is 7. The van der Waals surface area contributed by atoms with E-state index in [4.69, 9.17) is 4.74 Å². The van der Waals surface area contributed by atoms with E-state index in [1.807, 2.05) is 27.7 Å². The van der Waals surface area contributed by atoms with Gasteiger partial charge in [0.1, 0.15) is 0 Å². The summed E-state index contributed by atoms with van der Waals surface area (Å²) in [5, 5.41) is 9.24. The van der Waals surface area contributed by atoms with Crippen LogP contribution in [0.25, 0.3) is 11.4 Å². The Morgan fingerprint density at radius 3 is 2.63 bits per heavy atom. The van der Waals surface area contributed by atoms with Crippen molar-refractivity contribution >= 4 is 17.7 Å². The van der Waals surface area contributed by atoms with Crippen molar-refractivity contribution in [2.75, 3.05) is 26.3 Å². The molecular weight excluding hydrogens is 362 g/mol. The summed E-state index contributed by atoms with van der Waals surface area (Å²) in [4.78, 5) is 19.0. The maximum Gasteiger partial charge on any atom is 0.236 e. The van der Waals surface area contributed by atoms with Gasteiger partial charge in [0.2, 0.25) is 5.91 Å². The fraction of sp³-hybridized carbons (Fsp3) is 0.474. The van der Waals surface area contributed by atoms with Gasteiger partial charge in [-0.2, -0.15) is 0 Å². The van der Waals surface area contributed by atoms with Crippen molar-refractivity contribution in [3.05, 3.63) is 37.2 Å². The van der Waals surface area contributed by atoms with Gasteiger partial charge >= 0.3 is 0 Å². The second-order valence-corrected chi connectivity index (χ2v) is 7.77. The highest BCUT2D eigenvalue weighted by Crippen LogP contribution is 2.31. The molecule has 3 rings (SSSR count). The molecule has 0 radical (unpaired) electrons. The molecule has 1 fully saturated rings. The number of morpholine rings is 1. The number of thioether (sulfide) groups is 1. The number of carbonyl (C=O) groups excluding carboxylic acids is 1. The second kappa shape index (κ2) is 9.14. The summed E-state index contributed by atoms with van der Waals surface area (Å²) in [6.07, 6.45) is 5.27. The highest BCUT2D eigenvalue weighted by Gasteiger charge is 2.31. The number of ether oxygens (including phenoxy) is 1. The lowest BCUT2D eigenvalue weighted by molar-refractivity contribution is -0.135. The normalized spacial score (nSPS) is 15.7. The highest BCUT2D eigenvalue weighted by atomic mass is 32.2.